The molecule has 0 fully saturated rings. The van der Waals surface area contributed by atoms with E-state index in [4.69, 9.17) is 4.74 Å². The number of aromatic nitrogens is 2. The minimum atomic E-state index is -0.342. The van der Waals surface area contributed by atoms with Gasteiger partial charge in [-0.1, -0.05) is 13.8 Å². The van der Waals surface area contributed by atoms with Gasteiger partial charge in [-0.15, -0.1) is 11.3 Å². The molecular formula is C16H20N2O3S. The molecule has 0 aromatic carbocycles. The highest BCUT2D eigenvalue weighted by atomic mass is 32.1. The highest BCUT2D eigenvalue weighted by Gasteiger charge is 2.23. The van der Waals surface area contributed by atoms with E-state index in [1.54, 1.807) is 4.57 Å². The van der Waals surface area contributed by atoms with Gasteiger partial charge in [-0.25, -0.2) is 9.78 Å². The first-order chi connectivity index (χ1) is 10.5. The smallest absolute Gasteiger partial charge is 0.348 e. The second-order valence-corrected chi connectivity index (χ2v) is 7.14. The molecule has 6 heteroatoms. The molecule has 2 aromatic rings. The second-order valence-electron chi connectivity index (χ2n) is 6.14. The Bertz CT molecular complexity index is 789. The van der Waals surface area contributed by atoms with Crippen molar-refractivity contribution in [2.45, 2.75) is 46.6 Å². The minimum Gasteiger partial charge on any atom is -0.461 e. The van der Waals surface area contributed by atoms with Crippen LogP contribution in [0, 0.1) is 12.8 Å². The van der Waals surface area contributed by atoms with E-state index in [9.17, 15) is 9.59 Å². The molecule has 2 aromatic heterocycles. The molecule has 0 bridgehead atoms. The quantitative estimate of drug-likeness (QED) is 0.813. The normalized spacial score (nSPS) is 13.8. The molecule has 0 N–H and O–H groups in total. The van der Waals surface area contributed by atoms with Crippen LogP contribution in [0.25, 0.3) is 10.2 Å². The predicted octanol–water partition coefficient (Wildman–Crippen LogP) is 2.92. The van der Waals surface area contributed by atoms with Gasteiger partial charge in [0.15, 0.2) is 0 Å². The lowest BCUT2D eigenvalue weighted by atomic mass is 10.1. The van der Waals surface area contributed by atoms with Gasteiger partial charge in [-0.05, 0) is 31.2 Å². The number of carbonyl (C=O) groups is 1. The zero-order valence-corrected chi connectivity index (χ0v) is 14.0. The van der Waals surface area contributed by atoms with Crippen LogP contribution >= 0.6 is 11.3 Å². The SMILES string of the molecule is Cc1c(C(=O)OCCC(C)C)sc2nc3n(c(=O)c12)CCC3. The Labute approximate surface area is 132 Å². The van der Waals surface area contributed by atoms with Crippen molar-refractivity contribution in [1.29, 1.82) is 0 Å². The molecule has 1 aliphatic heterocycles. The average Bonchev–Trinajstić information content (AvgIpc) is 3.04. The minimum absolute atomic E-state index is 0.0209. The summed E-state index contributed by atoms with van der Waals surface area (Å²) in [5.41, 5.74) is 0.682. The summed E-state index contributed by atoms with van der Waals surface area (Å²) in [7, 11) is 0. The zero-order valence-electron chi connectivity index (χ0n) is 13.1. The first-order valence-electron chi connectivity index (χ1n) is 7.69. The van der Waals surface area contributed by atoms with Gasteiger partial charge in [0.25, 0.3) is 5.56 Å². The summed E-state index contributed by atoms with van der Waals surface area (Å²) in [4.78, 5) is 30.5. The molecule has 118 valence electrons. The summed E-state index contributed by atoms with van der Waals surface area (Å²) >= 11 is 1.27. The van der Waals surface area contributed by atoms with Crippen molar-refractivity contribution in [3.63, 3.8) is 0 Å². The molecule has 0 saturated carbocycles. The maximum Gasteiger partial charge on any atom is 0.348 e. The van der Waals surface area contributed by atoms with Gasteiger partial charge in [0.1, 0.15) is 15.5 Å². The molecule has 0 spiro atoms. The lowest BCUT2D eigenvalue weighted by Gasteiger charge is -2.06. The van der Waals surface area contributed by atoms with E-state index in [2.05, 4.69) is 18.8 Å². The third-order valence-electron chi connectivity index (χ3n) is 4.03. The molecule has 5 nitrogen and oxygen atoms in total. The fraction of sp³-hybridized carbons (Fsp3) is 0.562. The van der Waals surface area contributed by atoms with Crippen LogP contribution < -0.4 is 5.56 Å². The summed E-state index contributed by atoms with van der Waals surface area (Å²) in [5, 5.41) is 0.575. The highest BCUT2D eigenvalue weighted by molar-refractivity contribution is 7.20. The van der Waals surface area contributed by atoms with Gasteiger partial charge in [0.2, 0.25) is 0 Å². The topological polar surface area (TPSA) is 61.2 Å². The number of hydrogen-bond donors (Lipinski definition) is 0. The van der Waals surface area contributed by atoms with Crippen molar-refractivity contribution in [2.24, 2.45) is 5.92 Å². The van der Waals surface area contributed by atoms with E-state index in [0.717, 1.165) is 31.6 Å². The summed E-state index contributed by atoms with van der Waals surface area (Å²) in [6.07, 6.45) is 2.63. The van der Waals surface area contributed by atoms with Crippen LogP contribution in [0.4, 0.5) is 0 Å². The fourth-order valence-corrected chi connectivity index (χ4v) is 3.81. The molecule has 0 atom stereocenters. The van der Waals surface area contributed by atoms with E-state index >= 15 is 0 Å². The average molecular weight is 320 g/mol. The lowest BCUT2D eigenvalue weighted by Crippen LogP contribution is -2.20. The van der Waals surface area contributed by atoms with E-state index in [1.807, 2.05) is 6.92 Å². The van der Waals surface area contributed by atoms with Gasteiger partial charge in [-0.2, -0.15) is 0 Å². The molecule has 22 heavy (non-hydrogen) atoms. The molecule has 3 rings (SSSR count). The Hall–Kier alpha value is -1.69. The Balaban J connectivity index is 1.95. The molecular weight excluding hydrogens is 300 g/mol. The third-order valence-corrected chi connectivity index (χ3v) is 5.19. The Morgan fingerprint density at radius 3 is 2.95 bits per heavy atom. The maximum absolute atomic E-state index is 12.6. The highest BCUT2D eigenvalue weighted by Crippen LogP contribution is 2.29. The monoisotopic (exact) mass is 320 g/mol. The number of ether oxygens (including phenoxy) is 1. The van der Waals surface area contributed by atoms with Crippen molar-refractivity contribution in [2.75, 3.05) is 6.61 Å². The maximum atomic E-state index is 12.6. The summed E-state index contributed by atoms with van der Waals surface area (Å²) in [5.74, 6) is 0.981. The van der Waals surface area contributed by atoms with Crippen molar-refractivity contribution >= 4 is 27.5 Å². The molecule has 0 saturated heterocycles. The Morgan fingerprint density at radius 2 is 2.23 bits per heavy atom. The molecule has 1 aliphatic rings. The van der Waals surface area contributed by atoms with E-state index in [0.29, 0.717) is 33.2 Å². The van der Waals surface area contributed by atoms with E-state index in [-0.39, 0.29) is 11.5 Å². The van der Waals surface area contributed by atoms with E-state index in [1.165, 1.54) is 11.3 Å². The van der Waals surface area contributed by atoms with Crippen LogP contribution in [0.3, 0.4) is 0 Å². The fourth-order valence-electron chi connectivity index (χ4n) is 2.72. The summed E-state index contributed by atoms with van der Waals surface area (Å²) < 4.78 is 7.06. The number of nitrogens with zero attached hydrogens (tertiary/aromatic N) is 2. The standard InChI is InChI=1S/C16H20N2O3S/c1-9(2)6-8-21-16(20)13-10(3)12-14(22-13)17-11-5-4-7-18(11)15(12)19/h9H,4-8H2,1-3H3. The molecule has 0 unspecified atom stereocenters. The molecule has 0 aliphatic carbocycles. The Morgan fingerprint density at radius 1 is 1.45 bits per heavy atom. The zero-order chi connectivity index (χ0) is 15.9. The summed E-state index contributed by atoms with van der Waals surface area (Å²) in [6.45, 7) is 7.12. The van der Waals surface area contributed by atoms with Crippen LogP contribution in [0.2, 0.25) is 0 Å². The first-order valence-corrected chi connectivity index (χ1v) is 8.50. The number of thiophene rings is 1. The largest absolute Gasteiger partial charge is 0.461 e. The van der Waals surface area contributed by atoms with Crippen LogP contribution in [0.5, 0.6) is 0 Å². The van der Waals surface area contributed by atoms with Crippen LogP contribution in [-0.4, -0.2) is 22.1 Å². The van der Waals surface area contributed by atoms with Crippen LogP contribution in [-0.2, 0) is 17.7 Å². The van der Waals surface area contributed by atoms with Gasteiger partial charge >= 0.3 is 5.97 Å². The molecule has 3 heterocycles. The van der Waals surface area contributed by atoms with Gasteiger partial charge < -0.3 is 4.74 Å². The summed E-state index contributed by atoms with van der Waals surface area (Å²) in [6, 6.07) is 0. The molecule has 0 amide bonds. The van der Waals surface area contributed by atoms with Gasteiger partial charge in [-0.3, -0.25) is 9.36 Å². The number of esters is 1. The predicted molar refractivity (Wildman–Crippen MR) is 86.7 cm³/mol. The Kier molecular flexibility index (Phi) is 4.04. The lowest BCUT2D eigenvalue weighted by molar-refractivity contribution is 0.0493. The molecule has 0 radical (unpaired) electrons. The van der Waals surface area contributed by atoms with Crippen molar-refractivity contribution in [1.82, 2.24) is 9.55 Å². The van der Waals surface area contributed by atoms with Crippen LogP contribution in [0.1, 0.15) is 47.7 Å². The van der Waals surface area contributed by atoms with Crippen molar-refractivity contribution in [3.05, 3.63) is 26.6 Å². The number of aryl methyl sites for hydroxylation is 2. The number of rotatable bonds is 4. The second kappa shape index (κ2) is 5.83. The first kappa shape index (κ1) is 15.2. The number of hydrogen-bond acceptors (Lipinski definition) is 5. The van der Waals surface area contributed by atoms with Gasteiger partial charge in [0.05, 0.1) is 12.0 Å². The van der Waals surface area contributed by atoms with Crippen LogP contribution in [0.15, 0.2) is 4.79 Å². The van der Waals surface area contributed by atoms with Crippen molar-refractivity contribution in [3.8, 4) is 0 Å². The number of carbonyl (C=O) groups excluding carboxylic acids is 1. The number of fused-ring (bicyclic) bond motifs is 2. The third kappa shape index (κ3) is 2.56. The van der Waals surface area contributed by atoms with E-state index < -0.39 is 0 Å². The van der Waals surface area contributed by atoms with Gasteiger partial charge in [0, 0.05) is 13.0 Å². The van der Waals surface area contributed by atoms with Crippen molar-refractivity contribution < 1.29 is 9.53 Å².